The van der Waals surface area contributed by atoms with Gasteiger partial charge in [0.05, 0.1) is 0 Å². The number of rotatable bonds is 2. The maximum atomic E-state index is 6.24. The third-order valence-electron chi connectivity index (χ3n) is 5.46. The summed E-state index contributed by atoms with van der Waals surface area (Å²) in [6, 6.07) is 55.1. The molecule has 36 heavy (non-hydrogen) atoms. The van der Waals surface area contributed by atoms with Crippen molar-refractivity contribution in [1.82, 2.24) is 0 Å². The van der Waals surface area contributed by atoms with Crippen molar-refractivity contribution in [3.63, 3.8) is 0 Å². The first kappa shape index (κ1) is 26.2. The molecule has 4 aliphatic carbocycles. The van der Waals surface area contributed by atoms with E-state index in [4.69, 9.17) is 17.0 Å². The van der Waals surface area contributed by atoms with Crippen LogP contribution in [0.25, 0.3) is 22.3 Å². The molecule has 0 amide bonds. The summed E-state index contributed by atoms with van der Waals surface area (Å²) in [5.74, 6) is 0. The molecule has 0 fully saturated rings. The van der Waals surface area contributed by atoms with Crippen molar-refractivity contribution in [2.45, 2.75) is 0 Å². The molecular formula is C33H24Cl2Zr-2. The van der Waals surface area contributed by atoms with Crippen LogP contribution >= 0.6 is 17.0 Å². The molecule has 4 aliphatic rings. The molecule has 0 aliphatic heterocycles. The molecule has 0 heterocycles. The van der Waals surface area contributed by atoms with E-state index in [1.54, 1.807) is 0 Å². The van der Waals surface area contributed by atoms with Crippen LogP contribution in [-0.4, -0.2) is 3.21 Å². The van der Waals surface area contributed by atoms with Crippen LogP contribution in [0.1, 0.15) is 11.1 Å². The van der Waals surface area contributed by atoms with Gasteiger partial charge in [0.2, 0.25) is 0 Å². The number of halogens is 2. The fourth-order valence-corrected chi connectivity index (χ4v) is 8.19. The van der Waals surface area contributed by atoms with E-state index in [0.717, 1.165) is 14.3 Å². The fourth-order valence-electron chi connectivity index (χ4n) is 3.71. The minimum Gasteiger partial charge on any atom is -0.168 e. The van der Waals surface area contributed by atoms with Crippen molar-refractivity contribution in [2.75, 3.05) is 0 Å². The summed E-state index contributed by atoms with van der Waals surface area (Å²) in [5.41, 5.74) is 7.17. The zero-order valence-corrected chi connectivity index (χ0v) is 23.6. The van der Waals surface area contributed by atoms with Gasteiger partial charge in [0.15, 0.2) is 0 Å². The predicted octanol–water partition coefficient (Wildman–Crippen LogP) is 9.36. The van der Waals surface area contributed by atoms with Crippen molar-refractivity contribution < 1.29 is 18.9 Å². The van der Waals surface area contributed by atoms with Gasteiger partial charge < -0.3 is 0 Å². The summed E-state index contributed by atoms with van der Waals surface area (Å²) in [7, 11) is 12.5. The maximum absolute atomic E-state index is 6.24. The van der Waals surface area contributed by atoms with E-state index in [1.165, 1.54) is 22.3 Å². The molecule has 2 aromatic carbocycles. The smallest absolute Gasteiger partial charge is 0.0723 e. The van der Waals surface area contributed by atoms with E-state index >= 15 is 0 Å². The second-order valence-corrected chi connectivity index (χ2v) is 16.0. The van der Waals surface area contributed by atoms with Gasteiger partial charge in [-0.05, 0) is 0 Å². The van der Waals surface area contributed by atoms with Crippen molar-refractivity contribution in [2.24, 2.45) is 0 Å². The van der Waals surface area contributed by atoms with Crippen molar-refractivity contribution >= 4 is 20.2 Å². The molecule has 0 saturated heterocycles. The molecule has 0 radical (unpaired) electrons. The van der Waals surface area contributed by atoms with E-state index < -0.39 is 18.9 Å². The summed E-state index contributed by atoms with van der Waals surface area (Å²) in [5, 5.41) is 0. The first-order chi connectivity index (χ1) is 17.7. The van der Waals surface area contributed by atoms with Crippen molar-refractivity contribution in [3.05, 3.63) is 169 Å². The summed E-state index contributed by atoms with van der Waals surface area (Å²) >= 11 is -2.44. The van der Waals surface area contributed by atoms with Gasteiger partial charge in [0, 0.05) is 0 Å². The summed E-state index contributed by atoms with van der Waals surface area (Å²) < 4.78 is 1.15. The molecule has 0 bridgehead atoms. The number of hydrogen-bond donors (Lipinski definition) is 0. The van der Waals surface area contributed by atoms with Gasteiger partial charge >= 0.3 is 111 Å². The molecule has 0 nitrogen and oxygen atoms in total. The molecule has 0 aromatic heterocycles. The van der Waals surface area contributed by atoms with Gasteiger partial charge in [-0.1, -0.05) is 24.3 Å². The average molecular weight is 583 g/mol. The average Bonchev–Trinajstić information content (AvgIpc) is 3.42. The zero-order chi connectivity index (χ0) is 25.0. The molecule has 0 spiro atoms. The van der Waals surface area contributed by atoms with Crippen molar-refractivity contribution in [1.29, 1.82) is 0 Å². The Morgan fingerprint density at radius 3 is 1.19 bits per heavy atom. The van der Waals surface area contributed by atoms with Crippen LogP contribution in [0.2, 0.25) is 0 Å². The van der Waals surface area contributed by atoms with Crippen LogP contribution in [0.4, 0.5) is 0 Å². The third kappa shape index (κ3) is 7.58. The predicted molar refractivity (Wildman–Crippen MR) is 152 cm³/mol. The van der Waals surface area contributed by atoms with Gasteiger partial charge in [0.1, 0.15) is 0 Å². The largest absolute Gasteiger partial charge is 0.168 e. The zero-order valence-electron chi connectivity index (χ0n) is 19.6. The minimum absolute atomic E-state index is 1.15. The summed E-state index contributed by atoms with van der Waals surface area (Å²) in [6.07, 6.45) is 0. The molecule has 176 valence electrons. The van der Waals surface area contributed by atoms with E-state index in [-0.39, 0.29) is 0 Å². The Balaban J connectivity index is 0.000000132. The molecule has 0 N–H and O–H groups in total. The molecule has 6 rings (SSSR count). The Kier molecular flexibility index (Phi) is 10.2. The van der Waals surface area contributed by atoms with E-state index in [9.17, 15) is 0 Å². The molecular weight excluding hydrogens is 558 g/mol. The van der Waals surface area contributed by atoms with E-state index in [0.29, 0.717) is 0 Å². The second-order valence-electron chi connectivity index (χ2n) is 7.88. The Morgan fingerprint density at radius 2 is 0.806 bits per heavy atom. The van der Waals surface area contributed by atoms with Gasteiger partial charge in [0.25, 0.3) is 0 Å². The molecule has 0 saturated carbocycles. The quantitative estimate of drug-likeness (QED) is 0.179. The monoisotopic (exact) mass is 580 g/mol. The topological polar surface area (TPSA) is 0 Å². The SMILES string of the molecule is [Cl][Zr]([Cl])=[C](c1ccccc1)c1ccccc1.[c-]1ccc2cccccc1-2.[c-]1ccc2cccccc1-2. The van der Waals surface area contributed by atoms with Crippen LogP contribution in [0.3, 0.4) is 0 Å². The van der Waals surface area contributed by atoms with Crippen LogP contribution in [0.5, 0.6) is 0 Å². The molecule has 2 aromatic rings. The molecule has 0 unspecified atom stereocenters. The maximum Gasteiger partial charge on any atom is -0.0723 e. The minimum atomic E-state index is -2.44. The molecule has 0 atom stereocenters. The van der Waals surface area contributed by atoms with Crippen LogP contribution in [0.15, 0.2) is 146 Å². The van der Waals surface area contributed by atoms with Crippen LogP contribution in [0, 0.1) is 12.1 Å². The number of hydrogen-bond acceptors (Lipinski definition) is 0. The molecule has 3 heteroatoms. The summed E-state index contributed by atoms with van der Waals surface area (Å²) in [6.45, 7) is 0. The Hall–Kier alpha value is -2.83. The van der Waals surface area contributed by atoms with Gasteiger partial charge in [-0.3, -0.25) is 0 Å². The number of fused-ring (bicyclic) bond motifs is 2. The first-order valence-corrected chi connectivity index (χ1v) is 19.2. The third-order valence-corrected chi connectivity index (χ3v) is 10.0. The Labute approximate surface area is 228 Å². The fraction of sp³-hybridized carbons (Fsp3) is 0. The van der Waals surface area contributed by atoms with Gasteiger partial charge in [-0.15, -0.1) is 59.7 Å². The Morgan fingerprint density at radius 1 is 0.444 bits per heavy atom. The second kappa shape index (κ2) is 14.0. The Bertz CT molecular complexity index is 1280. The summed E-state index contributed by atoms with van der Waals surface area (Å²) in [4.78, 5) is 0. The van der Waals surface area contributed by atoms with Crippen molar-refractivity contribution in [3.8, 4) is 22.3 Å². The normalized spacial score (nSPS) is 9.94. The van der Waals surface area contributed by atoms with Crippen LogP contribution in [-0.2, 0) is 18.9 Å². The van der Waals surface area contributed by atoms with E-state index in [1.807, 2.05) is 84.9 Å². The first-order valence-electron chi connectivity index (χ1n) is 11.6. The van der Waals surface area contributed by atoms with E-state index in [2.05, 4.69) is 72.8 Å². The van der Waals surface area contributed by atoms with Gasteiger partial charge in [-0.25, -0.2) is 0 Å². The number of benzene rings is 2. The van der Waals surface area contributed by atoms with Crippen LogP contribution < -0.4 is 0 Å². The standard InChI is InChI=1S/C13H10.2C10H7.2ClH.Zr/c1-3-7-12(8-4-1)11-13-9-5-2-6-10-13;2*1-2-5-9-7-4-8-10(9)6-3-1;;;/h1-10H;2*1-7H;2*1H;/q;2*-1;;;+2/p-2. The van der Waals surface area contributed by atoms with Gasteiger partial charge in [-0.2, -0.15) is 35.4 Å².